The molecule has 0 aliphatic carbocycles. The maximum absolute atomic E-state index is 12.4. The first-order chi connectivity index (χ1) is 13.7. The first-order valence-electron chi connectivity index (χ1n) is 9.53. The first-order valence-corrected chi connectivity index (χ1v) is 9.53. The molecule has 148 valence electrons. The van der Waals surface area contributed by atoms with E-state index in [1.807, 2.05) is 24.3 Å². The zero-order valence-corrected chi connectivity index (χ0v) is 15.9. The molecule has 2 aliphatic heterocycles. The molecule has 0 unspecified atom stereocenters. The molecule has 1 aromatic carbocycles. The molecule has 2 aromatic rings. The summed E-state index contributed by atoms with van der Waals surface area (Å²) in [4.78, 5) is 23.1. The molecule has 1 saturated heterocycles. The number of carbonyl (C=O) groups is 1. The molecule has 0 radical (unpaired) electrons. The van der Waals surface area contributed by atoms with Crippen molar-refractivity contribution in [2.75, 3.05) is 43.6 Å². The number of fused-ring (bicyclic) bond motifs is 1. The molecule has 8 heteroatoms. The summed E-state index contributed by atoms with van der Waals surface area (Å²) in [6, 6.07) is 7.75. The smallest absolute Gasteiger partial charge is 0.318 e. The van der Waals surface area contributed by atoms with Gasteiger partial charge in [0.15, 0.2) is 11.5 Å². The molecule has 1 fully saturated rings. The Balaban J connectivity index is 1.28. The summed E-state index contributed by atoms with van der Waals surface area (Å²) in [6.07, 6.45) is 4.10. The van der Waals surface area contributed by atoms with Crippen LogP contribution >= 0.6 is 0 Å². The summed E-state index contributed by atoms with van der Waals surface area (Å²) in [5, 5.41) is 2.97. The van der Waals surface area contributed by atoms with Crippen molar-refractivity contribution in [2.24, 2.45) is 5.92 Å². The normalized spacial score (nSPS) is 16.5. The molecule has 0 bridgehead atoms. The van der Waals surface area contributed by atoms with Crippen molar-refractivity contribution in [1.29, 1.82) is 0 Å². The van der Waals surface area contributed by atoms with Gasteiger partial charge in [-0.05, 0) is 37.0 Å². The van der Waals surface area contributed by atoms with Crippen LogP contribution in [-0.4, -0.2) is 49.3 Å². The van der Waals surface area contributed by atoms with Gasteiger partial charge in [0, 0.05) is 37.5 Å². The van der Waals surface area contributed by atoms with E-state index < -0.39 is 0 Å². The van der Waals surface area contributed by atoms with Crippen molar-refractivity contribution in [1.82, 2.24) is 9.97 Å². The van der Waals surface area contributed by atoms with Gasteiger partial charge in [-0.2, -0.15) is 4.98 Å². The summed E-state index contributed by atoms with van der Waals surface area (Å²) in [7, 11) is 1.56. The van der Waals surface area contributed by atoms with E-state index in [1.54, 1.807) is 13.3 Å². The van der Waals surface area contributed by atoms with Crippen molar-refractivity contribution in [3.8, 4) is 17.5 Å². The number of nitrogens with one attached hydrogen (secondary N) is 1. The zero-order chi connectivity index (χ0) is 19.3. The fourth-order valence-corrected chi connectivity index (χ4v) is 3.57. The number of ether oxygens (including phenoxy) is 3. The summed E-state index contributed by atoms with van der Waals surface area (Å²) in [5.74, 6) is 2.65. The van der Waals surface area contributed by atoms with Crippen LogP contribution in [0.2, 0.25) is 0 Å². The van der Waals surface area contributed by atoms with E-state index in [2.05, 4.69) is 20.2 Å². The van der Waals surface area contributed by atoms with Crippen molar-refractivity contribution in [3.05, 3.63) is 30.5 Å². The number of piperidine rings is 1. The van der Waals surface area contributed by atoms with Gasteiger partial charge >= 0.3 is 6.01 Å². The van der Waals surface area contributed by atoms with Gasteiger partial charge in [0.25, 0.3) is 0 Å². The summed E-state index contributed by atoms with van der Waals surface area (Å²) in [5.41, 5.74) is 0.736. The Labute approximate surface area is 163 Å². The molecule has 1 aromatic heterocycles. The van der Waals surface area contributed by atoms with Crippen LogP contribution in [0.25, 0.3) is 0 Å². The summed E-state index contributed by atoms with van der Waals surface area (Å²) in [6.45, 7) is 2.81. The lowest BCUT2D eigenvalue weighted by molar-refractivity contribution is -0.117. The fourth-order valence-electron chi connectivity index (χ4n) is 3.57. The molecular formula is C20H24N4O4. The Hall–Kier alpha value is -3.03. The van der Waals surface area contributed by atoms with Crippen molar-refractivity contribution >= 4 is 17.4 Å². The number of benzene rings is 1. The molecule has 0 saturated carbocycles. The Kier molecular flexibility index (Phi) is 5.45. The Bertz CT molecular complexity index is 837. The van der Waals surface area contributed by atoms with Crippen LogP contribution in [0.5, 0.6) is 17.5 Å². The van der Waals surface area contributed by atoms with Gasteiger partial charge in [0.1, 0.15) is 19.0 Å². The molecular weight excluding hydrogens is 360 g/mol. The SMILES string of the molecule is COc1nccc(N2CCC(CC(=O)Nc3ccc4c(c3)OCCO4)CC2)n1. The number of hydrogen-bond donors (Lipinski definition) is 1. The van der Waals surface area contributed by atoms with E-state index in [0.29, 0.717) is 37.3 Å². The highest BCUT2D eigenvalue weighted by Gasteiger charge is 2.23. The quantitative estimate of drug-likeness (QED) is 0.848. The topological polar surface area (TPSA) is 85.8 Å². The zero-order valence-electron chi connectivity index (χ0n) is 15.9. The second-order valence-electron chi connectivity index (χ2n) is 6.94. The van der Waals surface area contributed by atoms with Crippen molar-refractivity contribution in [3.63, 3.8) is 0 Å². The van der Waals surface area contributed by atoms with Crippen LogP contribution in [0, 0.1) is 5.92 Å². The van der Waals surface area contributed by atoms with Gasteiger partial charge in [0.2, 0.25) is 5.91 Å². The van der Waals surface area contributed by atoms with Gasteiger partial charge < -0.3 is 24.4 Å². The van der Waals surface area contributed by atoms with Gasteiger partial charge in [0.05, 0.1) is 7.11 Å². The van der Waals surface area contributed by atoms with Gasteiger partial charge in [-0.1, -0.05) is 0 Å². The number of methoxy groups -OCH3 is 1. The largest absolute Gasteiger partial charge is 0.486 e. The molecule has 2 aliphatic rings. The highest BCUT2D eigenvalue weighted by atomic mass is 16.6. The van der Waals surface area contributed by atoms with Crippen LogP contribution in [0.1, 0.15) is 19.3 Å². The number of hydrogen-bond acceptors (Lipinski definition) is 7. The van der Waals surface area contributed by atoms with Gasteiger partial charge in [-0.25, -0.2) is 4.98 Å². The number of amides is 1. The first kappa shape index (κ1) is 18.3. The van der Waals surface area contributed by atoms with Gasteiger partial charge in [-0.3, -0.25) is 4.79 Å². The monoisotopic (exact) mass is 384 g/mol. The Morgan fingerprint density at radius 1 is 1.21 bits per heavy atom. The maximum atomic E-state index is 12.4. The standard InChI is InChI=1S/C20H24N4O4/c1-26-20-21-7-4-18(23-20)24-8-5-14(6-9-24)12-19(25)22-15-2-3-16-17(13-15)28-11-10-27-16/h2-4,7,13-14H,5-6,8-12H2,1H3,(H,22,25). The van der Waals surface area contributed by atoms with E-state index in [4.69, 9.17) is 14.2 Å². The molecule has 3 heterocycles. The highest BCUT2D eigenvalue weighted by Crippen LogP contribution is 2.33. The minimum absolute atomic E-state index is 0.0267. The third-order valence-corrected chi connectivity index (χ3v) is 5.04. The summed E-state index contributed by atoms with van der Waals surface area (Å²) >= 11 is 0. The van der Waals surface area contributed by atoms with E-state index in [-0.39, 0.29) is 5.91 Å². The predicted octanol–water partition coefficient (Wildman–Crippen LogP) is 2.50. The minimum atomic E-state index is 0.0267. The third kappa shape index (κ3) is 4.27. The van der Waals surface area contributed by atoms with Crippen LogP contribution in [0.15, 0.2) is 30.5 Å². The van der Waals surface area contributed by atoms with Crippen LogP contribution in [-0.2, 0) is 4.79 Å². The number of anilines is 2. The van der Waals surface area contributed by atoms with Crippen LogP contribution in [0.4, 0.5) is 11.5 Å². The van der Waals surface area contributed by atoms with Crippen LogP contribution in [0.3, 0.4) is 0 Å². The molecule has 8 nitrogen and oxygen atoms in total. The second kappa shape index (κ2) is 8.33. The molecule has 1 N–H and O–H groups in total. The number of rotatable bonds is 5. The average molecular weight is 384 g/mol. The average Bonchev–Trinajstić information content (AvgIpc) is 2.74. The highest BCUT2D eigenvalue weighted by molar-refractivity contribution is 5.91. The van der Waals surface area contributed by atoms with Crippen molar-refractivity contribution < 1.29 is 19.0 Å². The van der Waals surface area contributed by atoms with Gasteiger partial charge in [-0.15, -0.1) is 0 Å². The molecule has 0 spiro atoms. The predicted molar refractivity (Wildman–Crippen MR) is 104 cm³/mol. The number of nitrogens with zero attached hydrogens (tertiary/aromatic N) is 3. The lowest BCUT2D eigenvalue weighted by atomic mass is 9.93. The Morgan fingerprint density at radius 3 is 2.79 bits per heavy atom. The molecule has 4 rings (SSSR count). The Morgan fingerprint density at radius 2 is 2.00 bits per heavy atom. The molecule has 0 atom stereocenters. The fraction of sp³-hybridized carbons (Fsp3) is 0.450. The maximum Gasteiger partial charge on any atom is 0.318 e. The third-order valence-electron chi connectivity index (χ3n) is 5.04. The number of carbonyl (C=O) groups excluding carboxylic acids is 1. The van der Waals surface area contributed by atoms with E-state index in [0.717, 1.165) is 43.2 Å². The lowest BCUT2D eigenvalue weighted by Crippen LogP contribution is -2.35. The minimum Gasteiger partial charge on any atom is -0.486 e. The summed E-state index contributed by atoms with van der Waals surface area (Å²) < 4.78 is 16.2. The lowest BCUT2D eigenvalue weighted by Gasteiger charge is -2.32. The van der Waals surface area contributed by atoms with E-state index in [1.165, 1.54) is 0 Å². The molecule has 1 amide bonds. The van der Waals surface area contributed by atoms with E-state index >= 15 is 0 Å². The number of aromatic nitrogens is 2. The molecule has 28 heavy (non-hydrogen) atoms. The van der Waals surface area contributed by atoms with E-state index in [9.17, 15) is 4.79 Å². The van der Waals surface area contributed by atoms with Crippen molar-refractivity contribution in [2.45, 2.75) is 19.3 Å². The van der Waals surface area contributed by atoms with Crippen LogP contribution < -0.4 is 24.4 Å². The second-order valence-corrected chi connectivity index (χ2v) is 6.94.